The first-order valence-electron chi connectivity index (χ1n) is 32.0. The normalized spacial score (nSPS) is 11.1. The lowest BCUT2D eigenvalue weighted by molar-refractivity contribution is -0.663. The minimum Gasteiger partial charge on any atom is -0.334 e. The molecular formula is C79H86N16+4. The highest BCUT2D eigenvalue weighted by Gasteiger charge is 2.26. The van der Waals surface area contributed by atoms with Gasteiger partial charge < -0.3 is 18.3 Å². The van der Waals surface area contributed by atoms with Crippen molar-refractivity contribution in [1.29, 1.82) is 0 Å². The van der Waals surface area contributed by atoms with E-state index in [0.717, 1.165) is 85.1 Å². The number of hydrogen-bond acceptors (Lipinski definition) is 8. The molecule has 0 saturated carbocycles. The van der Waals surface area contributed by atoms with Crippen LogP contribution in [0.4, 0.5) is 0 Å². The molecule has 16 heteroatoms. The maximum atomic E-state index is 4.97. The summed E-state index contributed by atoms with van der Waals surface area (Å²) < 4.78 is 16.9. The molecule has 10 aromatic heterocycles. The molecule has 16 nitrogen and oxygen atoms in total. The van der Waals surface area contributed by atoms with Crippen molar-refractivity contribution in [1.82, 2.24) is 58.1 Å². The molecular weight excluding hydrogens is 1170 g/mol. The molecule has 0 fully saturated rings. The zero-order valence-corrected chi connectivity index (χ0v) is 58.4. The summed E-state index contributed by atoms with van der Waals surface area (Å²) in [5, 5.41) is 0. The number of pyridine rings is 4. The van der Waals surface area contributed by atoms with Crippen molar-refractivity contribution in [2.75, 3.05) is 0 Å². The monoisotopic (exact) mass is 1260 g/mol. The Morgan fingerprint density at radius 3 is 1.41 bits per heavy atom. The Balaban J connectivity index is 0.000000130. The molecule has 0 bridgehead atoms. The van der Waals surface area contributed by atoms with Gasteiger partial charge in [-0.1, -0.05) is 36.4 Å². The fraction of sp³-hybridized carbons (Fsp3) is 0.241. The lowest BCUT2D eigenvalue weighted by atomic mass is 9.96. The Labute approximate surface area is 558 Å². The van der Waals surface area contributed by atoms with E-state index in [1.54, 1.807) is 6.20 Å². The van der Waals surface area contributed by atoms with Crippen LogP contribution in [0.25, 0.3) is 113 Å². The van der Waals surface area contributed by atoms with Gasteiger partial charge in [0.2, 0.25) is 17.1 Å². The summed E-state index contributed by atoms with van der Waals surface area (Å²) in [5.74, 6) is 5.36. The van der Waals surface area contributed by atoms with E-state index in [1.807, 2.05) is 121 Å². The van der Waals surface area contributed by atoms with Crippen LogP contribution in [0.5, 0.6) is 0 Å². The third-order valence-corrected chi connectivity index (χ3v) is 17.9. The lowest BCUT2D eigenvalue weighted by Crippen LogP contribution is -2.32. The largest absolute Gasteiger partial charge is 0.348 e. The molecule has 0 aliphatic carbocycles. The first kappa shape index (κ1) is 65.5. The quantitative estimate of drug-likeness (QED) is 0.137. The minimum atomic E-state index is 0.705. The van der Waals surface area contributed by atoms with E-state index in [2.05, 4.69) is 244 Å². The highest BCUT2D eigenvalue weighted by molar-refractivity contribution is 5.86. The Bertz CT molecular complexity index is 5190. The molecule has 478 valence electrons. The predicted molar refractivity (Wildman–Crippen MR) is 379 cm³/mol. The van der Waals surface area contributed by atoms with Crippen molar-refractivity contribution in [2.45, 2.75) is 76.2 Å². The van der Waals surface area contributed by atoms with Gasteiger partial charge in [0.25, 0.3) is 0 Å². The highest BCUT2D eigenvalue weighted by Crippen LogP contribution is 2.35. The first-order valence-corrected chi connectivity index (χ1v) is 32.0. The molecule has 0 radical (unpaired) electrons. The van der Waals surface area contributed by atoms with Crippen molar-refractivity contribution < 1.29 is 18.3 Å². The van der Waals surface area contributed by atoms with Gasteiger partial charge in [-0.05, 0) is 169 Å². The van der Waals surface area contributed by atoms with Gasteiger partial charge in [0, 0.05) is 128 Å². The number of aromatic nitrogens is 16. The molecule has 0 aliphatic rings. The number of benzene rings is 4. The zero-order valence-electron chi connectivity index (χ0n) is 58.4. The fourth-order valence-corrected chi connectivity index (χ4v) is 13.1. The van der Waals surface area contributed by atoms with Crippen LogP contribution in [0.2, 0.25) is 0 Å². The van der Waals surface area contributed by atoms with Crippen LogP contribution < -0.4 is 18.3 Å². The average Bonchev–Trinajstić information content (AvgIpc) is 1.67. The third kappa shape index (κ3) is 13.1. The van der Waals surface area contributed by atoms with E-state index >= 15 is 0 Å². The van der Waals surface area contributed by atoms with E-state index in [1.165, 1.54) is 83.7 Å². The van der Waals surface area contributed by atoms with Gasteiger partial charge in [0.15, 0.2) is 30.1 Å². The zero-order chi connectivity index (χ0) is 67.7. The molecule has 4 aromatic carbocycles. The minimum absolute atomic E-state index is 0.705. The maximum Gasteiger partial charge on any atom is 0.348 e. The topological polar surface area (TPSA) is 138 Å². The predicted octanol–water partition coefficient (Wildman–Crippen LogP) is 13.6. The molecule has 0 aliphatic heterocycles. The van der Waals surface area contributed by atoms with Crippen LogP contribution >= 0.6 is 0 Å². The number of nitrogens with zero attached hydrogens (tertiary/aromatic N) is 16. The van der Waals surface area contributed by atoms with E-state index in [4.69, 9.17) is 15.0 Å². The molecule has 0 unspecified atom stereocenters. The molecule has 10 heterocycles. The fourth-order valence-electron chi connectivity index (χ4n) is 13.1. The summed E-state index contributed by atoms with van der Waals surface area (Å²) in [5.41, 5.74) is 28.7. The molecule has 95 heavy (non-hydrogen) atoms. The van der Waals surface area contributed by atoms with Crippen LogP contribution in [0, 0.1) is 76.2 Å². The summed E-state index contributed by atoms with van der Waals surface area (Å²) in [4.78, 5) is 37.4. The van der Waals surface area contributed by atoms with E-state index < -0.39 is 0 Å². The van der Waals surface area contributed by atoms with Crippen molar-refractivity contribution >= 4 is 22.1 Å². The molecule has 0 atom stereocenters. The van der Waals surface area contributed by atoms with Crippen LogP contribution in [-0.2, 0) is 56.4 Å². The number of rotatable bonds is 8. The standard InChI is InChI=1S/C22H23N4.C21H23N6.C19H22N3.C17H18N3/c1-14-12-15(2)20-19(13-14)26(5)22(24-20)17-9-10-23-21(16(17)3)18-8-6-7-11-25(18)4;1-12-10-13(2)17-16(11-12)27(6)21(25-17)19-14(3)18(23-15(4)24-19)20-22-8-7-9-26(20)5;1-13-11-14(2)18(22(5)12-13)16-7-6-8-17(15(16)3)19-20-9-10-21(19)4;1-13-14(16-9-4-5-11-19(16)2)7-6-8-15(13)17-18-10-12-20(17)3/h6-13H,1-5H3;7-11H,1-6H3;6-12H,1-5H3;4-12H,1-3H3/q4*+1. The second kappa shape index (κ2) is 27.3. The number of fused-ring (bicyclic) bond motifs is 2. The average molecular weight is 1260 g/mol. The first-order chi connectivity index (χ1) is 45.5. The van der Waals surface area contributed by atoms with Crippen LogP contribution in [0.3, 0.4) is 0 Å². The molecule has 0 spiro atoms. The van der Waals surface area contributed by atoms with Gasteiger partial charge in [-0.25, -0.2) is 48.6 Å². The van der Waals surface area contributed by atoms with Crippen LogP contribution in [0.15, 0.2) is 177 Å². The van der Waals surface area contributed by atoms with Gasteiger partial charge in [-0.15, -0.1) is 0 Å². The Kier molecular flexibility index (Phi) is 18.8. The summed E-state index contributed by atoms with van der Waals surface area (Å²) in [7, 11) is 16.4. The van der Waals surface area contributed by atoms with Crippen molar-refractivity contribution in [2.24, 2.45) is 56.4 Å². The Morgan fingerprint density at radius 1 is 0.347 bits per heavy atom. The molecule has 0 N–H and O–H groups in total. The van der Waals surface area contributed by atoms with E-state index in [9.17, 15) is 0 Å². The summed E-state index contributed by atoms with van der Waals surface area (Å²) in [6.45, 7) is 23.2. The van der Waals surface area contributed by atoms with Crippen molar-refractivity contribution in [3.8, 4) is 91.1 Å². The van der Waals surface area contributed by atoms with Crippen LogP contribution in [-0.4, -0.2) is 58.1 Å². The smallest absolute Gasteiger partial charge is 0.334 e. The maximum absolute atomic E-state index is 4.97. The van der Waals surface area contributed by atoms with Crippen molar-refractivity contribution in [3.63, 3.8) is 0 Å². The molecule has 14 aromatic rings. The van der Waals surface area contributed by atoms with Gasteiger partial charge in [-0.2, -0.15) is 4.57 Å². The third-order valence-electron chi connectivity index (χ3n) is 17.9. The van der Waals surface area contributed by atoms with Gasteiger partial charge in [0.1, 0.15) is 62.0 Å². The molecule has 14 rings (SSSR count). The molecule has 0 saturated heterocycles. The van der Waals surface area contributed by atoms with Crippen LogP contribution in [0.1, 0.15) is 61.5 Å². The molecule has 0 amide bonds. The summed E-state index contributed by atoms with van der Waals surface area (Å²) in [6.07, 6.45) is 19.6. The summed E-state index contributed by atoms with van der Waals surface area (Å²) >= 11 is 0. The van der Waals surface area contributed by atoms with E-state index in [-0.39, 0.29) is 0 Å². The summed E-state index contributed by atoms with van der Waals surface area (Å²) in [6, 6.07) is 40.2. The second-order valence-corrected chi connectivity index (χ2v) is 25.1. The van der Waals surface area contributed by atoms with Gasteiger partial charge >= 0.3 is 5.82 Å². The van der Waals surface area contributed by atoms with Gasteiger partial charge in [-0.3, -0.25) is 0 Å². The van der Waals surface area contributed by atoms with E-state index in [0.29, 0.717) is 5.82 Å². The highest BCUT2D eigenvalue weighted by atomic mass is 15.1. The Hall–Kier alpha value is -11.0. The van der Waals surface area contributed by atoms with Crippen molar-refractivity contribution in [3.05, 3.63) is 239 Å². The SMILES string of the molecule is Cc1c(-c2nccn2C)cccc1-c1cccc[n+]1C.Cc1cc(C)c(-c2cccc(-c3nccn3C)c2C)[n+](C)c1.Cc1cc(C)c2nc(-c3ccnc(-c4cccc[n+]4C)c3C)n(C)c2c1.Cc1cc(C)c2nc(-c3nc(C)nc(-c4nccc[n+]4C)c3C)n(C)c2c1. The Morgan fingerprint density at radius 2 is 0.853 bits per heavy atom. The van der Waals surface area contributed by atoms with Gasteiger partial charge in [0.05, 0.1) is 40.9 Å². The second-order valence-electron chi connectivity index (χ2n) is 25.1. The number of imidazole rings is 4. The lowest BCUT2D eigenvalue weighted by Gasteiger charge is -2.12. The number of hydrogen-bond donors (Lipinski definition) is 0. The number of aryl methyl sites for hydroxylation is 15.